The van der Waals surface area contributed by atoms with Crippen molar-refractivity contribution in [1.82, 2.24) is 19.9 Å². The summed E-state index contributed by atoms with van der Waals surface area (Å²) in [5, 5.41) is 3.16. The van der Waals surface area contributed by atoms with Gasteiger partial charge in [0, 0.05) is 36.5 Å². The molecular formula is C24H22FN5O3S. The Kier molecular flexibility index (Phi) is 5.82. The number of aromatic nitrogens is 3. The minimum atomic E-state index is -0.426. The van der Waals surface area contributed by atoms with Crippen molar-refractivity contribution in [2.45, 2.75) is 26.3 Å². The highest BCUT2D eigenvalue weighted by atomic mass is 32.1. The number of halogens is 1. The standard InChI is InChI=1S/C24H22FN5O3S/c1-13-5-19-22(34-13)21(29-24(28-19)27-14(2)17-7-18(25)9-26-8-17)23(32)30-10-15(11-30)6-20(31)16-3-4-33-12-16/h3-5,7-9,12,14-15H,6,10-11H2,1-2H3,(H,27,28,29)/t14-/m0/s1. The summed E-state index contributed by atoms with van der Waals surface area (Å²) in [5.74, 6) is -0.212. The van der Waals surface area contributed by atoms with Gasteiger partial charge in [-0.3, -0.25) is 14.6 Å². The summed E-state index contributed by atoms with van der Waals surface area (Å²) in [5.41, 5.74) is 2.20. The van der Waals surface area contributed by atoms with Gasteiger partial charge in [-0.25, -0.2) is 14.4 Å². The fourth-order valence-electron chi connectivity index (χ4n) is 4.02. The molecule has 1 fully saturated rings. The van der Waals surface area contributed by atoms with E-state index in [1.54, 1.807) is 17.2 Å². The third-order valence-electron chi connectivity index (χ3n) is 5.83. The quantitative estimate of drug-likeness (QED) is 0.385. The summed E-state index contributed by atoms with van der Waals surface area (Å²) < 4.78 is 19.3. The van der Waals surface area contributed by atoms with Crippen LogP contribution in [0.15, 0.2) is 47.5 Å². The highest BCUT2D eigenvalue weighted by Gasteiger charge is 2.34. The molecule has 0 unspecified atom stereocenters. The first kappa shape index (κ1) is 22.1. The van der Waals surface area contributed by atoms with Crippen LogP contribution in [0.3, 0.4) is 0 Å². The van der Waals surface area contributed by atoms with Crippen molar-refractivity contribution < 1.29 is 18.4 Å². The zero-order valence-electron chi connectivity index (χ0n) is 18.6. The van der Waals surface area contributed by atoms with Crippen molar-refractivity contribution >= 4 is 39.2 Å². The molecule has 5 heterocycles. The van der Waals surface area contributed by atoms with Crippen molar-refractivity contribution in [2.24, 2.45) is 5.92 Å². The molecule has 0 saturated carbocycles. The molecule has 0 bridgehead atoms. The summed E-state index contributed by atoms with van der Waals surface area (Å²) in [4.78, 5) is 41.3. The number of thiophene rings is 1. The van der Waals surface area contributed by atoms with Gasteiger partial charge < -0.3 is 14.6 Å². The molecule has 10 heteroatoms. The maximum Gasteiger partial charge on any atom is 0.274 e. The van der Waals surface area contributed by atoms with Gasteiger partial charge in [0.2, 0.25) is 5.95 Å². The van der Waals surface area contributed by atoms with Gasteiger partial charge >= 0.3 is 0 Å². The normalized spacial score (nSPS) is 14.7. The number of amides is 1. The second-order valence-electron chi connectivity index (χ2n) is 8.49. The Morgan fingerprint density at radius 3 is 2.85 bits per heavy atom. The molecule has 0 spiro atoms. The second-order valence-corrected chi connectivity index (χ2v) is 9.74. The minimum Gasteiger partial charge on any atom is -0.472 e. The molecular weight excluding hydrogens is 457 g/mol. The fraction of sp³-hybridized carbons (Fsp3) is 0.292. The van der Waals surface area contributed by atoms with Gasteiger partial charge in [0.25, 0.3) is 5.91 Å². The number of carbonyl (C=O) groups excluding carboxylic acids is 2. The fourth-order valence-corrected chi connectivity index (χ4v) is 4.95. The van der Waals surface area contributed by atoms with Gasteiger partial charge in [-0.05, 0) is 37.6 Å². The van der Waals surface area contributed by atoms with Gasteiger partial charge in [0.15, 0.2) is 11.5 Å². The van der Waals surface area contributed by atoms with Crippen LogP contribution in [-0.4, -0.2) is 44.6 Å². The van der Waals surface area contributed by atoms with E-state index < -0.39 is 5.82 Å². The van der Waals surface area contributed by atoms with E-state index in [0.29, 0.717) is 41.8 Å². The van der Waals surface area contributed by atoms with E-state index in [4.69, 9.17) is 4.42 Å². The number of nitrogens with zero attached hydrogens (tertiary/aromatic N) is 4. The number of Topliss-reactive ketones (excluding diaryl/α,β-unsaturated/α-hetero) is 1. The largest absolute Gasteiger partial charge is 0.472 e. The Hall–Kier alpha value is -3.66. The summed E-state index contributed by atoms with van der Waals surface area (Å²) in [6.45, 7) is 4.79. The van der Waals surface area contributed by atoms with E-state index in [1.165, 1.54) is 29.9 Å². The Bertz CT molecular complexity index is 1360. The monoisotopic (exact) mass is 479 g/mol. The molecule has 5 rings (SSSR count). The number of anilines is 1. The van der Waals surface area contributed by atoms with Crippen LogP contribution in [0.2, 0.25) is 0 Å². The number of furan rings is 1. The summed E-state index contributed by atoms with van der Waals surface area (Å²) >= 11 is 1.47. The molecule has 1 N–H and O–H groups in total. The Morgan fingerprint density at radius 2 is 2.12 bits per heavy atom. The predicted molar refractivity (Wildman–Crippen MR) is 125 cm³/mol. The summed E-state index contributed by atoms with van der Waals surface area (Å²) in [6, 6.07) is 4.65. The molecule has 1 aliphatic heterocycles. The maximum absolute atomic E-state index is 13.6. The Morgan fingerprint density at radius 1 is 1.29 bits per heavy atom. The molecule has 4 aromatic heterocycles. The molecule has 174 valence electrons. The van der Waals surface area contributed by atoms with Crippen molar-refractivity contribution in [3.8, 4) is 0 Å². The Labute approximate surface area is 198 Å². The van der Waals surface area contributed by atoms with E-state index >= 15 is 0 Å². The first-order valence-corrected chi connectivity index (χ1v) is 11.7. The highest BCUT2D eigenvalue weighted by Crippen LogP contribution is 2.31. The van der Waals surface area contributed by atoms with E-state index in [-0.39, 0.29) is 29.6 Å². The number of carbonyl (C=O) groups is 2. The number of likely N-dealkylation sites (tertiary alicyclic amines) is 1. The van der Waals surface area contributed by atoms with Crippen LogP contribution in [0.5, 0.6) is 0 Å². The van der Waals surface area contributed by atoms with Crippen molar-refractivity contribution in [3.05, 3.63) is 70.6 Å². The predicted octanol–water partition coefficient (Wildman–Crippen LogP) is 4.64. The SMILES string of the molecule is Cc1cc2nc(N[C@@H](C)c3cncc(F)c3)nc(C(=O)N3CC(CC(=O)c4ccoc4)C3)c2s1. The van der Waals surface area contributed by atoms with Gasteiger partial charge in [0.05, 0.1) is 34.3 Å². The topological polar surface area (TPSA) is 101 Å². The van der Waals surface area contributed by atoms with Crippen LogP contribution in [0.25, 0.3) is 10.2 Å². The lowest BCUT2D eigenvalue weighted by Gasteiger charge is -2.38. The number of rotatable bonds is 7. The molecule has 1 atom stereocenters. The Balaban J connectivity index is 1.33. The van der Waals surface area contributed by atoms with Gasteiger partial charge in [0.1, 0.15) is 12.1 Å². The highest BCUT2D eigenvalue weighted by molar-refractivity contribution is 7.19. The average molecular weight is 480 g/mol. The zero-order chi connectivity index (χ0) is 23.8. The number of hydrogen-bond acceptors (Lipinski definition) is 8. The third kappa shape index (κ3) is 4.41. The molecule has 1 amide bonds. The number of ketones is 1. The third-order valence-corrected chi connectivity index (χ3v) is 6.88. The van der Waals surface area contributed by atoms with Crippen LogP contribution < -0.4 is 5.32 Å². The first-order valence-electron chi connectivity index (χ1n) is 10.9. The lowest BCUT2D eigenvalue weighted by molar-refractivity contribution is 0.0466. The van der Waals surface area contributed by atoms with Crippen LogP contribution in [-0.2, 0) is 0 Å². The van der Waals surface area contributed by atoms with E-state index in [1.807, 2.05) is 19.9 Å². The average Bonchev–Trinajstić information content (AvgIpc) is 3.44. The molecule has 4 aromatic rings. The maximum atomic E-state index is 13.6. The molecule has 0 aromatic carbocycles. The van der Waals surface area contributed by atoms with E-state index in [9.17, 15) is 14.0 Å². The lowest BCUT2D eigenvalue weighted by Crippen LogP contribution is -2.50. The van der Waals surface area contributed by atoms with Gasteiger partial charge in [-0.2, -0.15) is 0 Å². The molecule has 1 saturated heterocycles. The van der Waals surface area contributed by atoms with Crippen molar-refractivity contribution in [1.29, 1.82) is 0 Å². The van der Waals surface area contributed by atoms with E-state index in [0.717, 1.165) is 15.8 Å². The van der Waals surface area contributed by atoms with Gasteiger partial charge in [-0.15, -0.1) is 11.3 Å². The summed E-state index contributed by atoms with van der Waals surface area (Å²) in [6.07, 6.45) is 6.01. The second kappa shape index (κ2) is 8.94. The zero-order valence-corrected chi connectivity index (χ0v) is 19.4. The number of aryl methyl sites for hydroxylation is 1. The van der Waals surface area contributed by atoms with Crippen molar-refractivity contribution in [3.63, 3.8) is 0 Å². The summed E-state index contributed by atoms with van der Waals surface area (Å²) in [7, 11) is 0. The molecule has 0 aliphatic carbocycles. The number of fused-ring (bicyclic) bond motifs is 1. The van der Waals surface area contributed by atoms with Crippen LogP contribution in [0.4, 0.5) is 10.3 Å². The van der Waals surface area contributed by atoms with Crippen LogP contribution in [0.1, 0.15) is 50.7 Å². The first-order chi connectivity index (χ1) is 16.4. The number of hydrogen-bond donors (Lipinski definition) is 1. The molecule has 0 radical (unpaired) electrons. The lowest BCUT2D eigenvalue weighted by atomic mass is 9.92. The van der Waals surface area contributed by atoms with Crippen LogP contribution >= 0.6 is 11.3 Å². The molecule has 1 aliphatic rings. The molecule has 8 nitrogen and oxygen atoms in total. The minimum absolute atomic E-state index is 0.0106. The molecule has 34 heavy (non-hydrogen) atoms. The smallest absolute Gasteiger partial charge is 0.274 e. The van der Waals surface area contributed by atoms with Crippen LogP contribution in [0, 0.1) is 18.7 Å². The number of pyridine rings is 1. The number of nitrogens with one attached hydrogen (secondary N) is 1. The van der Waals surface area contributed by atoms with Gasteiger partial charge in [-0.1, -0.05) is 0 Å². The van der Waals surface area contributed by atoms with E-state index in [2.05, 4.69) is 20.3 Å². The van der Waals surface area contributed by atoms with Crippen molar-refractivity contribution in [2.75, 3.05) is 18.4 Å².